The lowest BCUT2D eigenvalue weighted by molar-refractivity contribution is -0.117. The molecular formula is C48H68N2O4S. The third-order valence-corrected chi connectivity index (χ3v) is 10.8. The molecular weight excluding hydrogens is 701 g/mol. The van der Waals surface area contributed by atoms with Crippen LogP contribution in [0.1, 0.15) is 142 Å². The number of carbonyl (C=O) groups excluding carboxylic acids is 2. The highest BCUT2D eigenvalue weighted by Gasteiger charge is 2.25. The van der Waals surface area contributed by atoms with Crippen LogP contribution in [0, 0.1) is 0 Å². The number of rotatable bonds is 30. The number of benzene rings is 2. The Labute approximate surface area is 334 Å². The summed E-state index contributed by atoms with van der Waals surface area (Å²) >= 11 is 0. The van der Waals surface area contributed by atoms with E-state index in [1.165, 1.54) is 56.7 Å². The molecule has 0 aliphatic heterocycles. The lowest BCUT2D eigenvalue weighted by Crippen LogP contribution is -2.19. The summed E-state index contributed by atoms with van der Waals surface area (Å²) < 4.78 is 27.4. The van der Waals surface area contributed by atoms with Crippen molar-refractivity contribution in [3.8, 4) is 0 Å². The van der Waals surface area contributed by atoms with Crippen LogP contribution in [-0.4, -0.2) is 20.2 Å². The molecule has 2 rings (SSSR count). The topological polar surface area (TPSA) is 92.3 Å². The summed E-state index contributed by atoms with van der Waals surface area (Å²) in [4.78, 5) is 26.3. The summed E-state index contributed by atoms with van der Waals surface area (Å²) in [6.45, 7) is 4.44. The molecule has 0 heterocycles. The number of sulfone groups is 1. The van der Waals surface area contributed by atoms with Crippen LogP contribution in [0.5, 0.6) is 0 Å². The molecule has 0 spiro atoms. The van der Waals surface area contributed by atoms with Gasteiger partial charge in [-0.05, 0) is 114 Å². The molecule has 0 aromatic heterocycles. The molecule has 300 valence electrons. The highest BCUT2D eigenvalue weighted by Crippen LogP contribution is 2.34. The van der Waals surface area contributed by atoms with Crippen LogP contribution in [0.3, 0.4) is 0 Å². The van der Waals surface area contributed by atoms with E-state index in [1.807, 2.05) is 0 Å². The van der Waals surface area contributed by atoms with E-state index in [0.29, 0.717) is 19.3 Å². The largest absolute Gasteiger partial charge is 0.324 e. The lowest BCUT2D eigenvalue weighted by Gasteiger charge is -2.17. The first kappa shape index (κ1) is 46.9. The summed E-state index contributed by atoms with van der Waals surface area (Å²) in [7, 11) is -3.97. The van der Waals surface area contributed by atoms with Gasteiger partial charge < -0.3 is 10.6 Å². The summed E-state index contributed by atoms with van der Waals surface area (Å²) in [5.41, 5.74) is 0.385. The first-order chi connectivity index (χ1) is 26.9. The molecule has 0 atom stereocenters. The van der Waals surface area contributed by atoms with Crippen LogP contribution in [0.25, 0.3) is 0 Å². The number of nitrogens with one attached hydrogen (secondary N) is 2. The number of carbonyl (C=O) groups is 2. The Balaban J connectivity index is 1.86. The van der Waals surface area contributed by atoms with Gasteiger partial charge in [-0.3, -0.25) is 9.59 Å². The smallest absolute Gasteiger partial charge is 0.224 e. The molecule has 2 aromatic carbocycles. The number of hydrogen-bond donors (Lipinski definition) is 2. The molecule has 6 nitrogen and oxygen atoms in total. The minimum Gasteiger partial charge on any atom is -0.324 e. The van der Waals surface area contributed by atoms with Crippen LogP contribution in [0.15, 0.2) is 131 Å². The van der Waals surface area contributed by atoms with E-state index in [2.05, 4.69) is 97.4 Å². The first-order valence-corrected chi connectivity index (χ1v) is 22.3. The Morgan fingerprint density at radius 1 is 0.491 bits per heavy atom. The Hall–Kier alpha value is -4.23. The number of anilines is 2. The minimum atomic E-state index is -3.97. The highest BCUT2D eigenvalue weighted by atomic mass is 32.2. The van der Waals surface area contributed by atoms with Gasteiger partial charge in [0.1, 0.15) is 0 Å². The molecule has 55 heavy (non-hydrogen) atoms. The molecule has 0 bridgehead atoms. The van der Waals surface area contributed by atoms with Gasteiger partial charge in [0.05, 0.1) is 21.2 Å². The van der Waals surface area contributed by atoms with Gasteiger partial charge in [-0.1, -0.05) is 137 Å². The van der Waals surface area contributed by atoms with Crippen LogP contribution in [0.2, 0.25) is 0 Å². The number of unbranched alkanes of at least 4 members (excludes halogenated alkanes) is 10. The van der Waals surface area contributed by atoms with Crippen molar-refractivity contribution < 1.29 is 18.0 Å². The summed E-state index contributed by atoms with van der Waals surface area (Å²) in [6.07, 6.45) is 45.3. The van der Waals surface area contributed by atoms with Crippen molar-refractivity contribution in [3.05, 3.63) is 121 Å². The highest BCUT2D eigenvalue weighted by molar-refractivity contribution is 7.91. The fourth-order valence-electron chi connectivity index (χ4n) is 5.80. The first-order valence-electron chi connectivity index (χ1n) is 20.8. The minimum absolute atomic E-state index is 0.0463. The monoisotopic (exact) mass is 768 g/mol. The maximum atomic E-state index is 13.7. The standard InChI is InChI=1S/C48H68N2O4S/c1-3-5-7-9-11-13-15-17-19-21-23-25-27-29-34-41-46(51)49-44-39-36-40-45(55(53,54)43-37-32-31-33-38-43)48(44)50-47(52)42-35-30-28-26-24-22-20-18-16-14-12-10-8-6-4-2/h11-14,17-20,23-26,31-33,36-40H,3-10,15-16,21-22,27-30,34-35,41-42H2,1-2H3,(H,49,51)(H,50,52). The fraction of sp³-hybridized carbons (Fsp3) is 0.458. The van der Waals surface area contributed by atoms with Gasteiger partial charge in [-0.2, -0.15) is 0 Å². The van der Waals surface area contributed by atoms with Crippen LogP contribution >= 0.6 is 0 Å². The Bertz CT molecular complexity index is 1630. The van der Waals surface area contributed by atoms with E-state index in [9.17, 15) is 18.0 Å². The Morgan fingerprint density at radius 2 is 0.909 bits per heavy atom. The third-order valence-electron chi connectivity index (χ3n) is 8.99. The molecule has 7 heteroatoms. The zero-order valence-electron chi connectivity index (χ0n) is 33.7. The van der Waals surface area contributed by atoms with Crippen molar-refractivity contribution in [2.45, 2.75) is 152 Å². The van der Waals surface area contributed by atoms with Gasteiger partial charge >= 0.3 is 0 Å². The van der Waals surface area contributed by atoms with E-state index in [-0.39, 0.29) is 39.4 Å². The fourth-order valence-corrected chi connectivity index (χ4v) is 7.26. The molecule has 2 amide bonds. The van der Waals surface area contributed by atoms with Crippen LogP contribution in [-0.2, 0) is 19.4 Å². The average molecular weight is 769 g/mol. The van der Waals surface area contributed by atoms with Gasteiger partial charge in [0.15, 0.2) is 0 Å². The van der Waals surface area contributed by atoms with Crippen molar-refractivity contribution in [1.29, 1.82) is 0 Å². The molecule has 0 saturated carbocycles. The van der Waals surface area contributed by atoms with E-state index in [0.717, 1.165) is 64.2 Å². The van der Waals surface area contributed by atoms with E-state index in [4.69, 9.17) is 0 Å². The van der Waals surface area contributed by atoms with E-state index < -0.39 is 9.84 Å². The quantitative estimate of drug-likeness (QED) is 0.0611. The van der Waals surface area contributed by atoms with Crippen molar-refractivity contribution in [1.82, 2.24) is 0 Å². The number of hydrogen-bond acceptors (Lipinski definition) is 4. The SMILES string of the molecule is CCCCCC=CCC=CCC=CCCCCC(=O)Nc1cccc(S(=O)(=O)c2ccccc2)c1NC(=O)CCCCC=CCC=CCC=CCCCCC. The molecule has 0 unspecified atom stereocenters. The molecule has 0 radical (unpaired) electrons. The van der Waals surface area contributed by atoms with Gasteiger partial charge in [0.25, 0.3) is 0 Å². The van der Waals surface area contributed by atoms with Crippen molar-refractivity contribution in [2.24, 2.45) is 0 Å². The van der Waals surface area contributed by atoms with E-state index >= 15 is 0 Å². The summed E-state index contributed by atoms with van der Waals surface area (Å²) in [5.74, 6) is -0.513. The second kappa shape index (κ2) is 31.0. The zero-order chi connectivity index (χ0) is 39.7. The second-order valence-corrected chi connectivity index (χ2v) is 15.8. The molecule has 0 aliphatic carbocycles. The third kappa shape index (κ3) is 22.0. The maximum Gasteiger partial charge on any atom is 0.224 e. The summed E-state index contributed by atoms with van der Waals surface area (Å²) in [5, 5.41) is 5.73. The Morgan fingerprint density at radius 3 is 1.36 bits per heavy atom. The van der Waals surface area contributed by atoms with Crippen molar-refractivity contribution in [3.63, 3.8) is 0 Å². The summed E-state index contributed by atoms with van der Waals surface area (Å²) in [6, 6.07) is 12.8. The van der Waals surface area contributed by atoms with Crippen molar-refractivity contribution >= 4 is 33.0 Å². The van der Waals surface area contributed by atoms with Crippen LogP contribution in [0.4, 0.5) is 11.4 Å². The zero-order valence-corrected chi connectivity index (χ0v) is 34.5. The van der Waals surface area contributed by atoms with Gasteiger partial charge in [-0.15, -0.1) is 0 Å². The van der Waals surface area contributed by atoms with Gasteiger partial charge in [0.2, 0.25) is 21.7 Å². The van der Waals surface area contributed by atoms with Crippen LogP contribution < -0.4 is 10.6 Å². The van der Waals surface area contributed by atoms with Gasteiger partial charge in [0, 0.05) is 12.8 Å². The van der Waals surface area contributed by atoms with Crippen molar-refractivity contribution in [2.75, 3.05) is 10.6 Å². The predicted molar refractivity (Wildman–Crippen MR) is 234 cm³/mol. The number of allylic oxidation sites excluding steroid dienone is 12. The normalized spacial score (nSPS) is 12.4. The molecule has 2 N–H and O–H groups in total. The average Bonchev–Trinajstić information content (AvgIpc) is 3.18. The molecule has 2 aromatic rings. The Kier molecular flexibility index (Phi) is 26.5. The predicted octanol–water partition coefficient (Wildman–Crippen LogP) is 13.6. The maximum absolute atomic E-state index is 13.7. The molecule has 0 fully saturated rings. The number of amides is 2. The lowest BCUT2D eigenvalue weighted by atomic mass is 10.1. The van der Waals surface area contributed by atoms with Gasteiger partial charge in [-0.25, -0.2) is 8.42 Å². The number of para-hydroxylation sites is 1. The van der Waals surface area contributed by atoms with E-state index in [1.54, 1.807) is 30.3 Å². The second-order valence-electron chi connectivity index (χ2n) is 13.8. The molecule has 0 saturated heterocycles. The molecule has 0 aliphatic rings.